The quantitative estimate of drug-likeness (QED) is 0.809. The Labute approximate surface area is 95.1 Å². The molecule has 2 heterocycles. The first-order chi connectivity index (χ1) is 7.18. The molecule has 2 aromatic rings. The van der Waals surface area contributed by atoms with Gasteiger partial charge in [-0.05, 0) is 17.0 Å². The Kier molecular flexibility index (Phi) is 2.75. The van der Waals surface area contributed by atoms with Crippen LogP contribution in [-0.2, 0) is 6.42 Å². The van der Waals surface area contributed by atoms with Gasteiger partial charge in [0.05, 0.1) is 16.1 Å². The molecule has 0 fully saturated rings. The van der Waals surface area contributed by atoms with Crippen LogP contribution in [0.2, 0.25) is 4.34 Å². The molecule has 3 N–H and O–H groups in total. The summed E-state index contributed by atoms with van der Waals surface area (Å²) in [4.78, 5) is 11.8. The Morgan fingerprint density at radius 2 is 2.47 bits per heavy atom. The average Bonchev–Trinajstić information content (AvgIpc) is 2.76. The molecule has 6 heteroatoms. The molecule has 0 saturated heterocycles. The van der Waals surface area contributed by atoms with E-state index in [0.717, 1.165) is 5.56 Å². The van der Waals surface area contributed by atoms with Crippen LogP contribution in [0.25, 0.3) is 0 Å². The zero-order valence-electron chi connectivity index (χ0n) is 7.66. The number of H-pyrrole nitrogens is 1. The highest BCUT2D eigenvalue weighted by molar-refractivity contribution is 7.14. The van der Waals surface area contributed by atoms with Crippen LogP contribution in [-0.4, -0.2) is 16.0 Å². The summed E-state index contributed by atoms with van der Waals surface area (Å²) < 4.78 is 0.644. The van der Waals surface area contributed by atoms with Gasteiger partial charge in [0.2, 0.25) is 0 Å². The smallest absolute Gasteiger partial charge is 0.172 e. The van der Waals surface area contributed by atoms with Gasteiger partial charge in [-0.25, -0.2) is 0 Å². The van der Waals surface area contributed by atoms with Crippen LogP contribution in [0.1, 0.15) is 15.9 Å². The molecule has 0 aromatic carbocycles. The number of aromatic nitrogens is 2. The van der Waals surface area contributed by atoms with E-state index in [1.54, 1.807) is 0 Å². The van der Waals surface area contributed by atoms with Gasteiger partial charge in [0.25, 0.3) is 0 Å². The zero-order chi connectivity index (χ0) is 10.8. The number of thiophene rings is 1. The van der Waals surface area contributed by atoms with E-state index in [0.29, 0.717) is 15.7 Å². The van der Waals surface area contributed by atoms with Gasteiger partial charge in [-0.3, -0.25) is 9.89 Å². The first-order valence-corrected chi connectivity index (χ1v) is 5.48. The van der Waals surface area contributed by atoms with Crippen molar-refractivity contribution in [2.75, 3.05) is 5.73 Å². The molecule has 15 heavy (non-hydrogen) atoms. The highest BCUT2D eigenvalue weighted by Crippen LogP contribution is 2.24. The van der Waals surface area contributed by atoms with Gasteiger partial charge in [-0.1, -0.05) is 11.6 Å². The van der Waals surface area contributed by atoms with Gasteiger partial charge >= 0.3 is 0 Å². The molecule has 0 saturated carbocycles. The molecular formula is C9H8ClN3OS. The predicted molar refractivity (Wildman–Crippen MR) is 60.4 cm³/mol. The van der Waals surface area contributed by atoms with Crippen LogP contribution in [0.5, 0.6) is 0 Å². The molecule has 2 aromatic heterocycles. The first-order valence-electron chi connectivity index (χ1n) is 4.22. The van der Waals surface area contributed by atoms with Crippen molar-refractivity contribution in [2.24, 2.45) is 0 Å². The van der Waals surface area contributed by atoms with Crippen LogP contribution in [0.15, 0.2) is 17.6 Å². The molecule has 0 aliphatic heterocycles. The molecule has 2 rings (SSSR count). The van der Waals surface area contributed by atoms with Crippen molar-refractivity contribution in [3.05, 3.63) is 33.1 Å². The largest absolute Gasteiger partial charge is 0.383 e. The van der Waals surface area contributed by atoms with Crippen LogP contribution in [0.3, 0.4) is 0 Å². The number of nitrogens with two attached hydrogens (primary N) is 1. The highest BCUT2D eigenvalue weighted by atomic mass is 35.5. The minimum absolute atomic E-state index is 0.0819. The van der Waals surface area contributed by atoms with Crippen LogP contribution in [0.4, 0.5) is 5.82 Å². The van der Waals surface area contributed by atoms with Crippen molar-refractivity contribution in [2.45, 2.75) is 6.42 Å². The number of hydrogen-bond acceptors (Lipinski definition) is 4. The molecule has 0 aliphatic rings. The topological polar surface area (TPSA) is 71.8 Å². The summed E-state index contributed by atoms with van der Waals surface area (Å²) in [5.41, 5.74) is 6.78. The number of aromatic amines is 1. The maximum atomic E-state index is 11.8. The molecular weight excluding hydrogens is 234 g/mol. The lowest BCUT2D eigenvalue weighted by Gasteiger charge is -1.97. The summed E-state index contributed by atoms with van der Waals surface area (Å²) in [6.45, 7) is 0. The Morgan fingerprint density at radius 1 is 1.67 bits per heavy atom. The van der Waals surface area contributed by atoms with Gasteiger partial charge in [-0.15, -0.1) is 11.3 Å². The third-order valence-corrected chi connectivity index (χ3v) is 3.26. The van der Waals surface area contributed by atoms with Crippen molar-refractivity contribution >= 4 is 34.5 Å². The SMILES string of the molecule is Nc1[nH]ncc1C(=O)Cc1ccsc1Cl. The number of nitrogens with one attached hydrogen (secondary N) is 1. The molecule has 0 radical (unpaired) electrons. The normalized spacial score (nSPS) is 10.5. The van der Waals surface area contributed by atoms with Crippen molar-refractivity contribution < 1.29 is 4.79 Å². The molecule has 0 aliphatic carbocycles. The number of nitrogen functional groups attached to an aromatic ring is 1. The third kappa shape index (κ3) is 2.03. The van der Waals surface area contributed by atoms with E-state index < -0.39 is 0 Å². The Hall–Kier alpha value is -1.33. The second kappa shape index (κ2) is 4.04. The van der Waals surface area contributed by atoms with E-state index in [9.17, 15) is 4.79 Å². The minimum Gasteiger partial charge on any atom is -0.383 e. The fraction of sp³-hybridized carbons (Fsp3) is 0.111. The van der Waals surface area contributed by atoms with Crippen molar-refractivity contribution in [3.63, 3.8) is 0 Å². The van der Waals surface area contributed by atoms with Crippen LogP contribution in [0, 0.1) is 0 Å². The fourth-order valence-corrected chi connectivity index (χ4v) is 2.16. The number of rotatable bonds is 3. The number of ketones is 1. The second-order valence-electron chi connectivity index (χ2n) is 3.02. The summed E-state index contributed by atoms with van der Waals surface area (Å²) in [6, 6.07) is 1.83. The van der Waals surface area contributed by atoms with Gasteiger partial charge in [0.1, 0.15) is 5.82 Å². The molecule has 4 nitrogen and oxygen atoms in total. The monoisotopic (exact) mass is 241 g/mol. The Balaban J connectivity index is 2.18. The molecule has 0 spiro atoms. The minimum atomic E-state index is -0.0819. The predicted octanol–water partition coefficient (Wildman–Crippen LogP) is 2.13. The first kappa shape index (κ1) is 10.2. The Bertz CT molecular complexity index is 491. The number of hydrogen-bond donors (Lipinski definition) is 2. The average molecular weight is 242 g/mol. The van der Waals surface area contributed by atoms with E-state index in [1.165, 1.54) is 17.5 Å². The number of carbonyl (C=O) groups is 1. The summed E-state index contributed by atoms with van der Waals surface area (Å²) in [6.07, 6.45) is 1.68. The van der Waals surface area contributed by atoms with E-state index in [1.807, 2.05) is 11.4 Å². The van der Waals surface area contributed by atoms with Crippen LogP contribution >= 0.6 is 22.9 Å². The zero-order valence-corrected chi connectivity index (χ0v) is 9.23. The van der Waals surface area contributed by atoms with E-state index in [-0.39, 0.29) is 12.2 Å². The van der Waals surface area contributed by atoms with E-state index >= 15 is 0 Å². The van der Waals surface area contributed by atoms with E-state index in [4.69, 9.17) is 17.3 Å². The number of Topliss-reactive ketones (excluding diaryl/α,β-unsaturated/α-hetero) is 1. The maximum Gasteiger partial charge on any atom is 0.172 e. The fourth-order valence-electron chi connectivity index (χ4n) is 1.23. The number of anilines is 1. The summed E-state index contributed by atoms with van der Waals surface area (Å²) in [5, 5.41) is 8.06. The highest BCUT2D eigenvalue weighted by Gasteiger charge is 2.14. The van der Waals surface area contributed by atoms with Gasteiger partial charge in [0, 0.05) is 6.42 Å². The molecule has 0 unspecified atom stereocenters. The van der Waals surface area contributed by atoms with Gasteiger partial charge in [-0.2, -0.15) is 5.10 Å². The number of halogens is 1. The molecule has 0 atom stereocenters. The lowest BCUT2D eigenvalue weighted by molar-refractivity contribution is 0.0994. The summed E-state index contributed by atoms with van der Waals surface area (Å²) >= 11 is 7.30. The number of carbonyl (C=O) groups excluding carboxylic acids is 1. The summed E-state index contributed by atoms with van der Waals surface area (Å²) in [5.74, 6) is 0.216. The maximum absolute atomic E-state index is 11.8. The van der Waals surface area contributed by atoms with Crippen molar-refractivity contribution in [3.8, 4) is 0 Å². The van der Waals surface area contributed by atoms with Gasteiger partial charge in [0.15, 0.2) is 5.78 Å². The van der Waals surface area contributed by atoms with Crippen molar-refractivity contribution in [1.29, 1.82) is 0 Å². The van der Waals surface area contributed by atoms with Crippen molar-refractivity contribution in [1.82, 2.24) is 10.2 Å². The lowest BCUT2D eigenvalue weighted by Crippen LogP contribution is -2.04. The standard InChI is InChI=1S/C9H8ClN3OS/c10-8-5(1-2-15-8)3-7(14)6-4-12-13-9(6)11/h1-2,4H,3H2,(H3,11,12,13). The molecule has 0 bridgehead atoms. The Morgan fingerprint density at radius 3 is 3.00 bits per heavy atom. The van der Waals surface area contributed by atoms with Crippen LogP contribution < -0.4 is 5.73 Å². The summed E-state index contributed by atoms with van der Waals surface area (Å²) in [7, 11) is 0. The third-order valence-electron chi connectivity index (χ3n) is 2.01. The molecule has 0 amide bonds. The van der Waals surface area contributed by atoms with E-state index in [2.05, 4.69) is 10.2 Å². The lowest BCUT2D eigenvalue weighted by atomic mass is 10.1. The number of nitrogens with zero attached hydrogens (tertiary/aromatic N) is 1. The van der Waals surface area contributed by atoms with Gasteiger partial charge < -0.3 is 5.73 Å². The molecule has 78 valence electrons. The second-order valence-corrected chi connectivity index (χ2v) is 4.54.